The Labute approximate surface area is 116 Å². The molecule has 7 heteroatoms. The van der Waals surface area contributed by atoms with E-state index in [9.17, 15) is 14.8 Å². The monoisotopic (exact) mass is 280 g/mol. The van der Waals surface area contributed by atoms with Gasteiger partial charge in [0.25, 0.3) is 0 Å². The first-order chi connectivity index (χ1) is 8.88. The Balaban J connectivity index is 0.00000200. The van der Waals surface area contributed by atoms with Crippen LogP contribution in [0.1, 0.15) is 25.5 Å². The van der Waals surface area contributed by atoms with Gasteiger partial charge in [-0.2, -0.15) is 0 Å². The maximum absolute atomic E-state index is 12.2. The van der Waals surface area contributed by atoms with Crippen LogP contribution in [0.4, 0.5) is 0 Å². The van der Waals surface area contributed by atoms with Crippen molar-refractivity contribution in [3.8, 4) is 5.82 Å². The molecule has 0 aliphatic rings. The average molecular weight is 280 g/mol. The first kappa shape index (κ1) is 15.7. The van der Waals surface area contributed by atoms with Crippen molar-refractivity contribution in [3.63, 3.8) is 0 Å². The lowest BCUT2D eigenvalue weighted by molar-refractivity contribution is -0.600. The number of nitrogens with zero attached hydrogens (tertiary/aromatic N) is 4. The van der Waals surface area contributed by atoms with Gasteiger partial charge in [-0.15, -0.1) is 0 Å². The number of aromatic nitrogens is 4. The van der Waals surface area contributed by atoms with Gasteiger partial charge in [-0.25, -0.2) is 23.7 Å². The summed E-state index contributed by atoms with van der Waals surface area (Å²) in [7, 11) is 1.50. The van der Waals surface area contributed by atoms with Crippen LogP contribution in [0.25, 0.3) is 5.82 Å². The predicted molar refractivity (Wildman–Crippen MR) is 76.1 cm³/mol. The SMILES string of the molecule is C.CCn1c(=O)n(-c2c(C)cc(C)c[n+]2[O-])c(=O)n1C. The molecule has 2 aromatic rings. The molecule has 0 aliphatic heterocycles. The molecule has 20 heavy (non-hydrogen) atoms. The van der Waals surface area contributed by atoms with Crippen LogP contribution in [0, 0.1) is 19.1 Å². The van der Waals surface area contributed by atoms with Gasteiger partial charge >= 0.3 is 17.2 Å². The van der Waals surface area contributed by atoms with Crippen molar-refractivity contribution in [2.45, 2.75) is 34.7 Å². The number of rotatable bonds is 2. The fourth-order valence-electron chi connectivity index (χ4n) is 2.24. The van der Waals surface area contributed by atoms with Crippen molar-refractivity contribution in [3.05, 3.63) is 49.6 Å². The Bertz CT molecular complexity index is 729. The Morgan fingerprint density at radius 2 is 1.85 bits per heavy atom. The molecule has 2 aromatic heterocycles. The van der Waals surface area contributed by atoms with Gasteiger partial charge in [-0.05, 0) is 32.4 Å². The summed E-state index contributed by atoms with van der Waals surface area (Å²) in [5.74, 6) is 0.0587. The van der Waals surface area contributed by atoms with Crippen LogP contribution in [0.5, 0.6) is 0 Å². The molecule has 0 radical (unpaired) electrons. The van der Waals surface area contributed by atoms with Crippen molar-refractivity contribution >= 4 is 0 Å². The van der Waals surface area contributed by atoms with E-state index in [2.05, 4.69) is 0 Å². The summed E-state index contributed by atoms with van der Waals surface area (Å²) >= 11 is 0. The van der Waals surface area contributed by atoms with Crippen LogP contribution in [-0.4, -0.2) is 13.9 Å². The summed E-state index contributed by atoms with van der Waals surface area (Å²) in [6.45, 7) is 5.61. The van der Waals surface area contributed by atoms with Gasteiger partial charge in [0.05, 0.1) is 6.20 Å². The predicted octanol–water partition coefficient (Wildman–Crippen LogP) is 0.244. The zero-order valence-electron chi connectivity index (χ0n) is 11.4. The van der Waals surface area contributed by atoms with E-state index in [0.717, 1.165) is 10.1 Å². The lowest BCUT2D eigenvalue weighted by Crippen LogP contribution is -2.41. The Morgan fingerprint density at radius 1 is 1.25 bits per heavy atom. The second-order valence-corrected chi connectivity index (χ2v) is 4.49. The first-order valence-electron chi connectivity index (χ1n) is 5.98. The minimum absolute atomic E-state index is 0. The maximum atomic E-state index is 12.2. The van der Waals surface area contributed by atoms with Crippen LogP contribution in [0.15, 0.2) is 21.9 Å². The van der Waals surface area contributed by atoms with Crippen LogP contribution in [0.3, 0.4) is 0 Å². The molecule has 0 saturated heterocycles. The molecule has 0 amide bonds. The van der Waals surface area contributed by atoms with E-state index < -0.39 is 11.4 Å². The molecule has 7 nitrogen and oxygen atoms in total. The highest BCUT2D eigenvalue weighted by molar-refractivity contribution is 5.30. The van der Waals surface area contributed by atoms with E-state index in [4.69, 9.17) is 0 Å². The van der Waals surface area contributed by atoms with E-state index in [1.165, 1.54) is 22.6 Å². The van der Waals surface area contributed by atoms with Crippen molar-refractivity contribution in [1.29, 1.82) is 0 Å². The van der Waals surface area contributed by atoms with Crippen molar-refractivity contribution in [1.82, 2.24) is 13.9 Å². The summed E-state index contributed by atoms with van der Waals surface area (Å²) < 4.78 is 3.96. The van der Waals surface area contributed by atoms with Crippen molar-refractivity contribution < 1.29 is 4.73 Å². The zero-order valence-corrected chi connectivity index (χ0v) is 11.4. The first-order valence-corrected chi connectivity index (χ1v) is 5.98. The molecule has 0 saturated carbocycles. The zero-order chi connectivity index (χ0) is 14.3. The molecule has 2 rings (SSSR count). The van der Waals surface area contributed by atoms with Crippen LogP contribution in [-0.2, 0) is 13.6 Å². The quantitative estimate of drug-likeness (QED) is 0.584. The Morgan fingerprint density at radius 3 is 2.30 bits per heavy atom. The van der Waals surface area contributed by atoms with E-state index >= 15 is 0 Å². The summed E-state index contributed by atoms with van der Waals surface area (Å²) in [4.78, 5) is 24.3. The molecule has 0 aromatic carbocycles. The molecule has 0 bridgehead atoms. The van der Waals surface area contributed by atoms with Gasteiger partial charge in [0.2, 0.25) is 0 Å². The van der Waals surface area contributed by atoms with E-state index in [0.29, 0.717) is 16.8 Å². The molecule has 0 atom stereocenters. The minimum Gasteiger partial charge on any atom is -0.711 e. The van der Waals surface area contributed by atoms with Gasteiger partial charge in [-0.3, -0.25) is 0 Å². The van der Waals surface area contributed by atoms with Crippen LogP contribution < -0.4 is 16.1 Å². The smallest absolute Gasteiger partial charge is 0.439 e. The largest absolute Gasteiger partial charge is 0.711 e. The number of pyridine rings is 1. The topological polar surface area (TPSA) is 75.9 Å². The fraction of sp³-hybridized carbons (Fsp3) is 0.462. The highest BCUT2D eigenvalue weighted by Gasteiger charge is 2.24. The molecule has 110 valence electrons. The van der Waals surface area contributed by atoms with E-state index in [-0.39, 0.29) is 13.2 Å². The molecular weight excluding hydrogens is 260 g/mol. The standard InChI is InChI=1S/C12H16N4O3.CH4/c1-5-14-12(18)16(11(17)13(14)4)10-9(3)6-8(2)7-15(10)19;/h6-7H,5H2,1-4H3;1H4. The number of aryl methyl sites for hydroxylation is 2. The molecule has 0 aliphatic carbocycles. The van der Waals surface area contributed by atoms with Gasteiger partial charge in [0.15, 0.2) is 0 Å². The molecule has 0 N–H and O–H groups in total. The highest BCUT2D eigenvalue weighted by Crippen LogP contribution is 2.07. The third-order valence-electron chi connectivity index (χ3n) is 3.08. The van der Waals surface area contributed by atoms with Crippen LogP contribution >= 0.6 is 0 Å². The summed E-state index contributed by atoms with van der Waals surface area (Å²) in [5, 5.41) is 12.0. The van der Waals surface area contributed by atoms with E-state index in [1.54, 1.807) is 26.8 Å². The third kappa shape index (κ3) is 2.15. The molecule has 0 spiro atoms. The van der Waals surface area contributed by atoms with Gasteiger partial charge < -0.3 is 5.21 Å². The normalized spacial score (nSPS) is 10.4. The summed E-state index contributed by atoms with van der Waals surface area (Å²) in [5.41, 5.74) is 0.328. The molecule has 0 fully saturated rings. The Hall–Kier alpha value is -2.31. The van der Waals surface area contributed by atoms with Crippen LogP contribution in [0.2, 0.25) is 0 Å². The van der Waals surface area contributed by atoms with Crippen molar-refractivity contribution in [2.75, 3.05) is 0 Å². The minimum atomic E-state index is -0.525. The van der Waals surface area contributed by atoms with Gasteiger partial charge in [-0.1, -0.05) is 12.0 Å². The number of hydrogen-bond donors (Lipinski definition) is 0. The second kappa shape index (κ2) is 5.36. The number of hydrogen-bond acceptors (Lipinski definition) is 3. The van der Waals surface area contributed by atoms with Gasteiger partial charge in [0, 0.05) is 19.2 Å². The van der Waals surface area contributed by atoms with E-state index in [1.807, 2.05) is 0 Å². The fourth-order valence-corrected chi connectivity index (χ4v) is 2.24. The highest BCUT2D eigenvalue weighted by atomic mass is 16.5. The Kier molecular flexibility index (Phi) is 4.22. The summed E-state index contributed by atoms with van der Waals surface area (Å²) in [6, 6.07) is 1.76. The molecule has 2 heterocycles. The van der Waals surface area contributed by atoms with Gasteiger partial charge in [0.1, 0.15) is 0 Å². The lowest BCUT2D eigenvalue weighted by atomic mass is 10.2. The maximum Gasteiger partial charge on any atom is 0.439 e. The summed E-state index contributed by atoms with van der Waals surface area (Å²) in [6.07, 6.45) is 1.34. The molecule has 0 unspecified atom stereocenters. The molecular formula is C13H20N4O3. The average Bonchev–Trinajstić information content (AvgIpc) is 2.52. The second-order valence-electron chi connectivity index (χ2n) is 4.49. The third-order valence-corrected chi connectivity index (χ3v) is 3.08. The van der Waals surface area contributed by atoms with Crippen molar-refractivity contribution in [2.24, 2.45) is 7.05 Å². The lowest BCUT2D eigenvalue weighted by Gasteiger charge is -2.09.